The second kappa shape index (κ2) is 11.5. The third-order valence-electron chi connectivity index (χ3n) is 8.38. The van der Waals surface area contributed by atoms with Crippen molar-refractivity contribution in [2.45, 2.75) is 38.1 Å². The van der Waals surface area contributed by atoms with Gasteiger partial charge >= 0.3 is 5.97 Å². The van der Waals surface area contributed by atoms with E-state index in [1.54, 1.807) is 24.3 Å². The standard InChI is InChI=1S/C30H37N3O4/c1-37-30(36)24-13-11-23(12-14-24)29(35)33-19-25-17-32(18-26(25)20-33)16-15-27(21-7-3-2-4-8-21)31-28(34)22-9-5-6-10-22/h2-4,7-8,11-14,22,25-27H,5-6,9-10,15-20H2,1H3,(H,31,34)/t25-,26+,27-/m0/s1. The number of nitrogens with zero attached hydrogens (tertiary/aromatic N) is 2. The number of carbonyl (C=O) groups excluding carboxylic acids is 3. The molecule has 1 saturated carbocycles. The van der Waals surface area contributed by atoms with Gasteiger partial charge in [0, 0.05) is 44.2 Å². The first-order valence-corrected chi connectivity index (χ1v) is 13.6. The van der Waals surface area contributed by atoms with Crippen LogP contribution in [0.25, 0.3) is 0 Å². The monoisotopic (exact) mass is 503 g/mol. The van der Waals surface area contributed by atoms with Gasteiger partial charge < -0.3 is 19.9 Å². The predicted molar refractivity (Wildman–Crippen MR) is 141 cm³/mol. The third kappa shape index (κ3) is 5.87. The molecule has 0 bridgehead atoms. The highest BCUT2D eigenvalue weighted by atomic mass is 16.5. The van der Waals surface area contributed by atoms with E-state index in [1.165, 1.54) is 12.7 Å². The van der Waals surface area contributed by atoms with Crippen molar-refractivity contribution in [3.05, 3.63) is 71.3 Å². The maximum atomic E-state index is 13.0. The molecule has 5 rings (SSSR count). The van der Waals surface area contributed by atoms with Gasteiger partial charge in [-0.1, -0.05) is 43.2 Å². The predicted octanol–water partition coefficient (Wildman–Crippen LogP) is 3.91. The molecule has 2 amide bonds. The number of likely N-dealkylation sites (tertiary alicyclic amines) is 2. The molecule has 0 radical (unpaired) electrons. The normalized spacial score (nSPS) is 22.6. The Kier molecular flexibility index (Phi) is 7.89. The Morgan fingerprint density at radius 2 is 1.51 bits per heavy atom. The van der Waals surface area contributed by atoms with E-state index in [0.29, 0.717) is 23.0 Å². The van der Waals surface area contributed by atoms with Gasteiger partial charge in [-0.2, -0.15) is 0 Å². The number of nitrogens with one attached hydrogen (secondary N) is 1. The van der Waals surface area contributed by atoms with Crippen LogP contribution in [0.3, 0.4) is 0 Å². The summed E-state index contributed by atoms with van der Waals surface area (Å²) in [5, 5.41) is 3.36. The van der Waals surface area contributed by atoms with Gasteiger partial charge in [-0.25, -0.2) is 4.79 Å². The molecule has 1 N–H and O–H groups in total. The molecule has 0 aromatic heterocycles. The molecule has 196 valence electrons. The van der Waals surface area contributed by atoms with Crippen molar-refractivity contribution < 1.29 is 19.1 Å². The van der Waals surface area contributed by atoms with E-state index in [0.717, 1.165) is 64.8 Å². The summed E-state index contributed by atoms with van der Waals surface area (Å²) in [6.45, 7) is 4.42. The van der Waals surface area contributed by atoms with Crippen LogP contribution in [-0.4, -0.2) is 67.4 Å². The van der Waals surface area contributed by atoms with Crippen LogP contribution in [0.4, 0.5) is 0 Å². The quantitative estimate of drug-likeness (QED) is 0.553. The van der Waals surface area contributed by atoms with Gasteiger partial charge in [0.05, 0.1) is 18.7 Å². The van der Waals surface area contributed by atoms with Crippen molar-refractivity contribution in [2.24, 2.45) is 17.8 Å². The molecular weight excluding hydrogens is 466 g/mol. The van der Waals surface area contributed by atoms with Crippen molar-refractivity contribution >= 4 is 17.8 Å². The maximum Gasteiger partial charge on any atom is 0.337 e. The van der Waals surface area contributed by atoms with E-state index in [-0.39, 0.29) is 23.8 Å². The first-order valence-electron chi connectivity index (χ1n) is 13.6. The van der Waals surface area contributed by atoms with E-state index in [1.807, 2.05) is 23.1 Å². The molecule has 1 aliphatic carbocycles. The SMILES string of the molecule is COC(=O)c1ccc(C(=O)N2C[C@H]3CN(CC[C@H](NC(=O)C4CCCC4)c4ccccc4)C[C@H]3C2)cc1. The Bertz CT molecular complexity index is 1080. The van der Waals surface area contributed by atoms with Gasteiger partial charge in [0.25, 0.3) is 5.91 Å². The van der Waals surface area contributed by atoms with Gasteiger partial charge in [0.1, 0.15) is 0 Å². The van der Waals surface area contributed by atoms with Crippen LogP contribution >= 0.6 is 0 Å². The first-order chi connectivity index (χ1) is 18.0. The van der Waals surface area contributed by atoms with Crippen LogP contribution in [0.1, 0.15) is 64.4 Å². The highest BCUT2D eigenvalue weighted by molar-refractivity contribution is 5.96. The lowest BCUT2D eigenvalue weighted by Gasteiger charge is -2.25. The van der Waals surface area contributed by atoms with Crippen molar-refractivity contribution in [1.29, 1.82) is 0 Å². The smallest absolute Gasteiger partial charge is 0.337 e. The minimum Gasteiger partial charge on any atom is -0.465 e. The van der Waals surface area contributed by atoms with Crippen molar-refractivity contribution in [2.75, 3.05) is 39.8 Å². The molecule has 2 heterocycles. The summed E-state index contributed by atoms with van der Waals surface area (Å²) in [7, 11) is 1.35. The lowest BCUT2D eigenvalue weighted by atomic mass is 10.0. The molecule has 2 aliphatic heterocycles. The number of fused-ring (bicyclic) bond motifs is 1. The van der Waals surface area contributed by atoms with Gasteiger partial charge in [0.15, 0.2) is 0 Å². The molecule has 2 aromatic rings. The Morgan fingerprint density at radius 1 is 0.892 bits per heavy atom. The second-order valence-electron chi connectivity index (χ2n) is 10.8. The minimum absolute atomic E-state index is 0.0242. The summed E-state index contributed by atoms with van der Waals surface area (Å²) in [6, 6.07) is 17.1. The molecule has 0 spiro atoms. The summed E-state index contributed by atoms with van der Waals surface area (Å²) in [6.07, 6.45) is 5.21. The average Bonchev–Trinajstić information content (AvgIpc) is 3.68. The van der Waals surface area contributed by atoms with E-state index in [2.05, 4.69) is 22.3 Å². The van der Waals surface area contributed by atoms with Gasteiger partial charge in [-0.3, -0.25) is 9.59 Å². The lowest BCUT2D eigenvalue weighted by Crippen LogP contribution is -2.36. The Labute approximate surface area is 219 Å². The number of carbonyl (C=O) groups is 3. The zero-order chi connectivity index (χ0) is 25.8. The summed E-state index contributed by atoms with van der Waals surface area (Å²) in [5.41, 5.74) is 2.22. The molecule has 7 nitrogen and oxygen atoms in total. The summed E-state index contributed by atoms with van der Waals surface area (Å²) in [5.74, 6) is 0.942. The van der Waals surface area contributed by atoms with Crippen LogP contribution in [-0.2, 0) is 9.53 Å². The lowest BCUT2D eigenvalue weighted by molar-refractivity contribution is -0.125. The highest BCUT2D eigenvalue weighted by Crippen LogP contribution is 2.33. The summed E-state index contributed by atoms with van der Waals surface area (Å²) in [4.78, 5) is 42.0. The zero-order valence-corrected chi connectivity index (χ0v) is 21.6. The van der Waals surface area contributed by atoms with Crippen LogP contribution in [0.15, 0.2) is 54.6 Å². The van der Waals surface area contributed by atoms with Gasteiger partial charge in [-0.15, -0.1) is 0 Å². The fourth-order valence-electron chi connectivity index (χ4n) is 6.28. The van der Waals surface area contributed by atoms with Crippen molar-refractivity contribution in [1.82, 2.24) is 15.1 Å². The molecule has 0 unspecified atom stereocenters. The number of hydrogen-bond acceptors (Lipinski definition) is 5. The van der Waals surface area contributed by atoms with Gasteiger partial charge in [0.2, 0.25) is 5.91 Å². The molecular formula is C30H37N3O4. The zero-order valence-electron chi connectivity index (χ0n) is 21.6. The third-order valence-corrected chi connectivity index (χ3v) is 8.38. The van der Waals surface area contributed by atoms with Crippen LogP contribution in [0.5, 0.6) is 0 Å². The van der Waals surface area contributed by atoms with Crippen LogP contribution < -0.4 is 5.32 Å². The number of rotatable bonds is 8. The summed E-state index contributed by atoms with van der Waals surface area (Å²) >= 11 is 0. The minimum atomic E-state index is -0.401. The molecule has 37 heavy (non-hydrogen) atoms. The van der Waals surface area contributed by atoms with Gasteiger partial charge in [-0.05, 0) is 60.9 Å². The Balaban J connectivity index is 1.14. The Morgan fingerprint density at radius 3 is 2.14 bits per heavy atom. The number of methoxy groups -OCH3 is 1. The number of esters is 1. The summed E-state index contributed by atoms with van der Waals surface area (Å²) < 4.78 is 4.74. The van der Waals surface area contributed by atoms with Crippen molar-refractivity contribution in [3.8, 4) is 0 Å². The topological polar surface area (TPSA) is 79.0 Å². The molecule has 3 atom stereocenters. The maximum absolute atomic E-state index is 13.0. The van der Waals surface area contributed by atoms with E-state index in [4.69, 9.17) is 4.74 Å². The number of hydrogen-bond donors (Lipinski definition) is 1. The average molecular weight is 504 g/mol. The van der Waals surface area contributed by atoms with Crippen molar-refractivity contribution in [3.63, 3.8) is 0 Å². The molecule has 7 heteroatoms. The fourth-order valence-corrected chi connectivity index (χ4v) is 6.28. The molecule has 3 fully saturated rings. The van der Waals surface area contributed by atoms with E-state index < -0.39 is 5.97 Å². The van der Waals surface area contributed by atoms with Crippen LogP contribution in [0.2, 0.25) is 0 Å². The molecule has 2 aromatic carbocycles. The second-order valence-corrected chi connectivity index (χ2v) is 10.8. The Hall–Kier alpha value is -3.19. The largest absolute Gasteiger partial charge is 0.465 e. The number of amides is 2. The number of benzene rings is 2. The molecule has 3 aliphatic rings. The fraction of sp³-hybridized carbons (Fsp3) is 0.500. The first kappa shape index (κ1) is 25.5. The number of ether oxygens (including phenoxy) is 1. The highest BCUT2D eigenvalue weighted by Gasteiger charge is 2.41. The van der Waals surface area contributed by atoms with Crippen LogP contribution in [0, 0.1) is 17.8 Å². The van der Waals surface area contributed by atoms with E-state index in [9.17, 15) is 14.4 Å². The van der Waals surface area contributed by atoms with E-state index >= 15 is 0 Å². The molecule has 2 saturated heterocycles.